The summed E-state index contributed by atoms with van der Waals surface area (Å²) in [6.07, 6.45) is 4.27. The van der Waals surface area contributed by atoms with Crippen LogP contribution in [0.25, 0.3) is 0 Å². The van der Waals surface area contributed by atoms with Gasteiger partial charge in [0.25, 0.3) is 0 Å². The second-order valence-corrected chi connectivity index (χ2v) is 4.47. The van der Waals surface area contributed by atoms with Gasteiger partial charge in [-0.05, 0) is 12.8 Å². The molecule has 0 unspecified atom stereocenters. The van der Waals surface area contributed by atoms with Crippen molar-refractivity contribution in [2.75, 3.05) is 7.05 Å². The van der Waals surface area contributed by atoms with Crippen LogP contribution in [0.15, 0.2) is 17.5 Å². The van der Waals surface area contributed by atoms with Crippen LogP contribution in [0.1, 0.15) is 32.5 Å². The Balaban J connectivity index is 2.94. The molecule has 0 aliphatic rings. The molecule has 1 aromatic rings. The van der Waals surface area contributed by atoms with Crippen LogP contribution in [-0.4, -0.2) is 38.9 Å². The molecule has 0 bridgehead atoms. The normalized spacial score (nSPS) is 12.5. The molecule has 1 heterocycles. The number of carbonyl (C=O) groups excluding carboxylic acids is 1. The maximum absolute atomic E-state index is 12.6. The number of amides is 1. The number of aromatic nitrogens is 2. The van der Waals surface area contributed by atoms with Gasteiger partial charge in [0.15, 0.2) is 5.84 Å². The molecule has 0 spiro atoms. The smallest absolute Gasteiger partial charge is 0.236 e. The quantitative estimate of drug-likeness (QED) is 0.308. The summed E-state index contributed by atoms with van der Waals surface area (Å²) < 4.78 is 0. The van der Waals surface area contributed by atoms with Crippen molar-refractivity contribution in [3.8, 4) is 0 Å². The lowest BCUT2D eigenvalue weighted by Crippen LogP contribution is -2.49. The van der Waals surface area contributed by atoms with Gasteiger partial charge in [0.2, 0.25) is 5.91 Å². The van der Waals surface area contributed by atoms with Crippen LogP contribution in [0.2, 0.25) is 0 Å². The van der Waals surface area contributed by atoms with Crippen LogP contribution >= 0.6 is 0 Å². The third-order valence-electron chi connectivity index (χ3n) is 3.50. The lowest BCUT2D eigenvalue weighted by atomic mass is 9.79. The molecule has 0 fully saturated rings. The van der Waals surface area contributed by atoms with E-state index in [2.05, 4.69) is 15.1 Å². The van der Waals surface area contributed by atoms with E-state index in [0.717, 1.165) is 0 Å². The molecular weight excluding hydrogens is 246 g/mol. The predicted octanol–water partition coefficient (Wildman–Crippen LogP) is 0.921. The van der Waals surface area contributed by atoms with Crippen LogP contribution in [-0.2, 0) is 11.3 Å². The van der Waals surface area contributed by atoms with E-state index in [4.69, 9.17) is 10.9 Å². The molecule has 106 valence electrons. The molecule has 0 radical (unpaired) electrons. The van der Waals surface area contributed by atoms with Crippen LogP contribution in [0.5, 0.6) is 0 Å². The number of rotatable bonds is 6. The number of nitrogens with two attached hydrogens (primary N) is 1. The Labute approximate surface area is 112 Å². The third-order valence-corrected chi connectivity index (χ3v) is 3.50. The number of carbonyl (C=O) groups is 1. The zero-order valence-corrected chi connectivity index (χ0v) is 11.6. The number of hydrogen-bond acceptors (Lipinski definition) is 4. The third kappa shape index (κ3) is 2.86. The van der Waals surface area contributed by atoms with Crippen molar-refractivity contribution >= 4 is 11.7 Å². The lowest BCUT2D eigenvalue weighted by Gasteiger charge is -2.32. The Bertz CT molecular complexity index is 437. The minimum absolute atomic E-state index is 0.0474. The van der Waals surface area contributed by atoms with Gasteiger partial charge in [0.1, 0.15) is 11.2 Å². The fourth-order valence-electron chi connectivity index (χ4n) is 2.17. The Morgan fingerprint density at radius 2 is 2.21 bits per heavy atom. The first-order chi connectivity index (χ1) is 9.01. The first kappa shape index (κ1) is 15.0. The number of imidazole rings is 1. The maximum Gasteiger partial charge on any atom is 0.236 e. The second-order valence-electron chi connectivity index (χ2n) is 4.47. The van der Waals surface area contributed by atoms with Gasteiger partial charge in [-0.3, -0.25) is 4.79 Å². The highest BCUT2D eigenvalue weighted by Gasteiger charge is 2.41. The Morgan fingerprint density at radius 1 is 1.58 bits per heavy atom. The number of hydrogen-bond donors (Lipinski definition) is 3. The summed E-state index contributed by atoms with van der Waals surface area (Å²) in [6.45, 7) is 4.05. The summed E-state index contributed by atoms with van der Waals surface area (Å²) in [7, 11) is 1.68. The molecule has 7 nitrogen and oxygen atoms in total. The Hall–Kier alpha value is -2.05. The summed E-state index contributed by atoms with van der Waals surface area (Å²) in [5.41, 5.74) is 4.75. The van der Waals surface area contributed by atoms with Crippen molar-refractivity contribution in [1.82, 2.24) is 14.9 Å². The number of oxime groups is 1. The Kier molecular flexibility index (Phi) is 4.91. The van der Waals surface area contributed by atoms with Gasteiger partial charge >= 0.3 is 0 Å². The molecule has 19 heavy (non-hydrogen) atoms. The van der Waals surface area contributed by atoms with E-state index in [1.165, 1.54) is 4.90 Å². The van der Waals surface area contributed by atoms with Crippen LogP contribution in [0.3, 0.4) is 0 Å². The van der Waals surface area contributed by atoms with Crippen LogP contribution in [0.4, 0.5) is 0 Å². The van der Waals surface area contributed by atoms with Gasteiger partial charge in [-0.1, -0.05) is 19.0 Å². The van der Waals surface area contributed by atoms with Crippen molar-refractivity contribution in [1.29, 1.82) is 0 Å². The monoisotopic (exact) mass is 267 g/mol. The summed E-state index contributed by atoms with van der Waals surface area (Å²) in [6, 6.07) is 0. The zero-order valence-electron chi connectivity index (χ0n) is 11.6. The van der Waals surface area contributed by atoms with Gasteiger partial charge in [-0.15, -0.1) is 0 Å². The van der Waals surface area contributed by atoms with Crippen molar-refractivity contribution in [2.24, 2.45) is 16.3 Å². The Morgan fingerprint density at radius 3 is 2.63 bits per heavy atom. The molecule has 4 N–H and O–H groups in total. The van der Waals surface area contributed by atoms with E-state index < -0.39 is 5.41 Å². The lowest BCUT2D eigenvalue weighted by molar-refractivity contribution is -0.138. The van der Waals surface area contributed by atoms with Gasteiger partial charge in [-0.25, -0.2) is 4.98 Å². The summed E-state index contributed by atoms with van der Waals surface area (Å²) in [4.78, 5) is 21.1. The molecule has 0 saturated carbocycles. The van der Waals surface area contributed by atoms with E-state index in [1.54, 1.807) is 19.4 Å². The molecule has 0 aromatic carbocycles. The van der Waals surface area contributed by atoms with Crippen LogP contribution in [0, 0.1) is 5.41 Å². The minimum Gasteiger partial charge on any atom is -0.409 e. The average molecular weight is 267 g/mol. The van der Waals surface area contributed by atoms with Crippen molar-refractivity contribution in [3.63, 3.8) is 0 Å². The van der Waals surface area contributed by atoms with Gasteiger partial charge in [0.05, 0.1) is 6.54 Å². The number of aromatic amines is 1. The molecule has 7 heteroatoms. The number of amidine groups is 1. The van der Waals surface area contributed by atoms with E-state index in [-0.39, 0.29) is 11.7 Å². The molecule has 0 atom stereocenters. The van der Waals surface area contributed by atoms with Crippen molar-refractivity contribution in [3.05, 3.63) is 18.2 Å². The van der Waals surface area contributed by atoms with Gasteiger partial charge in [-0.2, -0.15) is 0 Å². The van der Waals surface area contributed by atoms with E-state index in [0.29, 0.717) is 25.2 Å². The maximum atomic E-state index is 12.6. The van der Waals surface area contributed by atoms with E-state index in [1.807, 2.05) is 13.8 Å². The van der Waals surface area contributed by atoms with Crippen molar-refractivity contribution < 1.29 is 10.0 Å². The first-order valence-electron chi connectivity index (χ1n) is 6.23. The van der Waals surface area contributed by atoms with E-state index in [9.17, 15) is 4.79 Å². The standard InChI is InChI=1S/C12H21N5O2/c1-4-12(5-2,10(13)16-19)11(18)17(3)8-9-14-6-7-15-9/h6-7,19H,4-5,8H2,1-3H3,(H2,13,16)(H,14,15). The van der Waals surface area contributed by atoms with Crippen LogP contribution < -0.4 is 5.73 Å². The van der Waals surface area contributed by atoms with E-state index >= 15 is 0 Å². The van der Waals surface area contributed by atoms with Crippen molar-refractivity contribution in [2.45, 2.75) is 33.2 Å². The minimum atomic E-state index is -0.962. The molecule has 0 aliphatic carbocycles. The summed E-state index contributed by atoms with van der Waals surface area (Å²) >= 11 is 0. The average Bonchev–Trinajstić information content (AvgIpc) is 2.92. The van der Waals surface area contributed by atoms with Gasteiger partial charge in [0, 0.05) is 19.4 Å². The molecule has 0 aliphatic heterocycles. The van der Waals surface area contributed by atoms with Gasteiger partial charge < -0.3 is 20.8 Å². The highest BCUT2D eigenvalue weighted by molar-refractivity contribution is 6.06. The number of H-pyrrole nitrogens is 1. The number of nitrogens with zero attached hydrogens (tertiary/aromatic N) is 3. The first-order valence-corrected chi connectivity index (χ1v) is 6.23. The molecule has 1 amide bonds. The second kappa shape index (κ2) is 6.21. The fourth-order valence-corrected chi connectivity index (χ4v) is 2.17. The molecular formula is C12H21N5O2. The summed E-state index contributed by atoms with van der Waals surface area (Å²) in [5.74, 6) is 0.467. The molecule has 1 aromatic heterocycles. The highest BCUT2D eigenvalue weighted by Crippen LogP contribution is 2.29. The highest BCUT2D eigenvalue weighted by atomic mass is 16.4. The molecule has 0 saturated heterocycles. The summed E-state index contributed by atoms with van der Waals surface area (Å²) in [5, 5.41) is 11.9. The predicted molar refractivity (Wildman–Crippen MR) is 71.5 cm³/mol. The fraction of sp³-hybridized carbons (Fsp3) is 0.583. The SMILES string of the molecule is CCC(CC)(C(=O)N(C)Cc1ncc[nH]1)C(N)=NO. The number of nitrogens with one attached hydrogen (secondary N) is 1. The zero-order chi connectivity index (χ0) is 14.5. The topological polar surface area (TPSA) is 108 Å². The molecule has 1 rings (SSSR count). The largest absolute Gasteiger partial charge is 0.409 e.